The normalized spacial score (nSPS) is 14.8. The maximum absolute atomic E-state index is 2.61. The van der Waals surface area contributed by atoms with Crippen LogP contribution in [0.3, 0.4) is 0 Å². The van der Waals surface area contributed by atoms with Crippen LogP contribution in [-0.4, -0.2) is 6.71 Å². The molecule has 0 amide bonds. The predicted molar refractivity (Wildman–Crippen MR) is 238 cm³/mol. The minimum Gasteiger partial charge on any atom is -0.311 e. The molecule has 3 heterocycles. The lowest BCUT2D eigenvalue weighted by Crippen LogP contribution is -2.60. The highest BCUT2D eigenvalue weighted by Crippen LogP contribution is 2.67. The van der Waals surface area contributed by atoms with E-state index in [1.807, 2.05) is 0 Å². The Hall–Kier alpha value is -6.10. The molecule has 12 rings (SSSR count). The van der Waals surface area contributed by atoms with Crippen molar-refractivity contribution in [2.24, 2.45) is 0 Å². The molecule has 2 nitrogen and oxygen atoms in total. The first kappa shape index (κ1) is 32.2. The number of benzene rings is 7. The van der Waals surface area contributed by atoms with Gasteiger partial charge in [-0.2, -0.15) is 0 Å². The zero-order valence-electron chi connectivity index (χ0n) is 32.0. The van der Waals surface area contributed by atoms with Crippen LogP contribution in [0.15, 0.2) is 164 Å². The molecule has 1 aromatic heterocycles. The monoisotopic (exact) mass is 734 g/mol. The topological polar surface area (TPSA) is 6.48 Å². The number of fused-ring (bicyclic) bond motifs is 15. The predicted octanol–water partition coefficient (Wildman–Crippen LogP) is 11.8. The third-order valence-corrected chi connectivity index (χ3v) is 14.2. The molecule has 4 aliphatic rings. The summed E-state index contributed by atoms with van der Waals surface area (Å²) in [7, 11) is 0. The van der Waals surface area contributed by atoms with Crippen LogP contribution in [0, 0.1) is 6.92 Å². The average molecular weight is 735 g/mol. The fourth-order valence-electron chi connectivity index (χ4n) is 10.5. The Morgan fingerprint density at radius 3 is 1.86 bits per heavy atom. The Bertz CT molecular complexity index is 2890. The van der Waals surface area contributed by atoms with Crippen molar-refractivity contribution in [3.63, 3.8) is 0 Å². The second-order valence-corrected chi connectivity index (χ2v) is 18.0. The van der Waals surface area contributed by atoms with Gasteiger partial charge in [0.2, 0.25) is 0 Å². The van der Waals surface area contributed by atoms with Crippen LogP contribution in [-0.2, 0) is 10.8 Å². The van der Waals surface area contributed by atoms with Crippen molar-refractivity contribution in [3.8, 4) is 22.3 Å². The van der Waals surface area contributed by atoms with Gasteiger partial charge in [0, 0.05) is 43.7 Å². The summed E-state index contributed by atoms with van der Waals surface area (Å²) in [4.78, 5) is 6.54. The van der Waals surface area contributed by atoms with Crippen LogP contribution >= 0.6 is 11.3 Å². The van der Waals surface area contributed by atoms with E-state index in [9.17, 15) is 0 Å². The third-order valence-electron chi connectivity index (χ3n) is 12.9. The van der Waals surface area contributed by atoms with E-state index >= 15 is 0 Å². The molecule has 0 bridgehead atoms. The largest absolute Gasteiger partial charge is 0.311 e. The SMILES string of the molecule is Cc1ccc(N2c3cccc4c3B(c3ccccc3N4c3ccccc3)c3sc4c(c32)-c2ccc(C(C)(C)C)cc2C42c3ccccc3-c3ccccc32)cc1. The Labute approximate surface area is 333 Å². The number of nitrogens with zero attached hydrogens (tertiary/aromatic N) is 2. The van der Waals surface area contributed by atoms with Gasteiger partial charge in [0.25, 0.3) is 6.71 Å². The second kappa shape index (κ2) is 11.2. The van der Waals surface area contributed by atoms with Crippen molar-refractivity contribution < 1.29 is 0 Å². The molecule has 0 N–H and O–H groups in total. The van der Waals surface area contributed by atoms with E-state index in [1.165, 1.54) is 105 Å². The van der Waals surface area contributed by atoms with Crippen LogP contribution in [0.5, 0.6) is 0 Å². The van der Waals surface area contributed by atoms with Crippen molar-refractivity contribution in [1.82, 2.24) is 0 Å². The second-order valence-electron chi connectivity index (χ2n) is 16.9. The molecule has 7 aromatic carbocycles. The molecule has 266 valence electrons. The van der Waals surface area contributed by atoms with Crippen LogP contribution in [0.1, 0.15) is 53.5 Å². The third kappa shape index (κ3) is 4.02. The molecule has 2 aliphatic heterocycles. The smallest absolute Gasteiger partial charge is 0.264 e. The molecule has 0 saturated carbocycles. The summed E-state index contributed by atoms with van der Waals surface area (Å²) in [6.45, 7) is 9.29. The van der Waals surface area contributed by atoms with Gasteiger partial charge in [0.1, 0.15) is 0 Å². The number of thiophene rings is 1. The number of rotatable bonds is 2. The Balaban J connectivity index is 1.24. The number of aryl methyl sites for hydroxylation is 1. The van der Waals surface area contributed by atoms with Crippen molar-refractivity contribution in [3.05, 3.63) is 196 Å². The minimum absolute atomic E-state index is 0.00299. The molecule has 1 spiro atoms. The molecular weight excluding hydrogens is 695 g/mol. The molecule has 0 radical (unpaired) electrons. The minimum atomic E-state index is -0.431. The van der Waals surface area contributed by atoms with E-state index in [1.54, 1.807) is 0 Å². The summed E-state index contributed by atoms with van der Waals surface area (Å²) < 4.78 is 1.42. The van der Waals surface area contributed by atoms with Crippen LogP contribution < -0.4 is 25.5 Å². The summed E-state index contributed by atoms with van der Waals surface area (Å²) in [6.07, 6.45) is 0. The van der Waals surface area contributed by atoms with Crippen molar-refractivity contribution in [1.29, 1.82) is 0 Å². The van der Waals surface area contributed by atoms with E-state index in [2.05, 4.69) is 213 Å². The summed E-state index contributed by atoms with van der Waals surface area (Å²) in [6, 6.07) is 62.0. The van der Waals surface area contributed by atoms with E-state index in [-0.39, 0.29) is 12.1 Å². The van der Waals surface area contributed by atoms with Gasteiger partial charge in [-0.05, 0) is 105 Å². The van der Waals surface area contributed by atoms with Gasteiger partial charge < -0.3 is 9.80 Å². The molecule has 0 fully saturated rings. The Morgan fingerprint density at radius 2 is 1.14 bits per heavy atom. The summed E-state index contributed by atoms with van der Waals surface area (Å²) in [5.41, 5.74) is 22.0. The fourth-order valence-corrected chi connectivity index (χ4v) is 12.1. The molecule has 2 aliphatic carbocycles. The van der Waals surface area contributed by atoms with E-state index in [0.717, 1.165) is 0 Å². The molecule has 8 aromatic rings. The number of hydrogen-bond acceptors (Lipinski definition) is 3. The lowest BCUT2D eigenvalue weighted by atomic mass is 9.36. The standard InChI is InChI=1S/C52H39BN2S/c1-32-25-28-35(29-26-32)55-45-24-14-23-44-47(45)53(42-21-12-13-22-43(42)54(44)34-15-6-5-7-16-34)50-48(55)46-38-30-27-33(51(2,3)4)31-41(38)52(49(46)56-50)39-19-10-8-17-36(39)37-18-9-11-20-40(37)52/h5-31H,1-4H3. The van der Waals surface area contributed by atoms with Crippen LogP contribution in [0.4, 0.5) is 34.1 Å². The number of anilines is 6. The maximum atomic E-state index is 2.61. The van der Waals surface area contributed by atoms with Crippen LogP contribution in [0.25, 0.3) is 22.3 Å². The first-order valence-electron chi connectivity index (χ1n) is 19.8. The highest BCUT2D eigenvalue weighted by Gasteiger charge is 2.57. The van der Waals surface area contributed by atoms with E-state index in [4.69, 9.17) is 0 Å². The first-order chi connectivity index (χ1) is 27.4. The zero-order valence-corrected chi connectivity index (χ0v) is 32.8. The number of hydrogen-bond donors (Lipinski definition) is 0. The molecule has 4 heteroatoms. The van der Waals surface area contributed by atoms with Crippen molar-refractivity contribution >= 4 is 67.9 Å². The summed E-state index contributed by atoms with van der Waals surface area (Å²) >= 11 is 2.06. The average Bonchev–Trinajstić information content (AvgIpc) is 3.85. The Morgan fingerprint density at radius 1 is 0.536 bits per heavy atom. The molecule has 56 heavy (non-hydrogen) atoms. The van der Waals surface area contributed by atoms with E-state index < -0.39 is 5.41 Å². The quantitative estimate of drug-likeness (QED) is 0.163. The summed E-state index contributed by atoms with van der Waals surface area (Å²) in [5, 5.41) is 0. The molecule has 0 unspecified atom stereocenters. The van der Waals surface area contributed by atoms with Crippen molar-refractivity contribution in [2.45, 2.75) is 38.5 Å². The number of para-hydroxylation sites is 2. The van der Waals surface area contributed by atoms with Gasteiger partial charge in [0.15, 0.2) is 0 Å². The van der Waals surface area contributed by atoms with Gasteiger partial charge in [-0.3, -0.25) is 0 Å². The zero-order chi connectivity index (χ0) is 37.5. The Kier molecular flexibility index (Phi) is 6.46. The summed E-state index contributed by atoms with van der Waals surface area (Å²) in [5.74, 6) is 0. The van der Waals surface area contributed by atoms with E-state index in [0.29, 0.717) is 0 Å². The van der Waals surface area contributed by atoms with Gasteiger partial charge in [0.05, 0.1) is 11.1 Å². The van der Waals surface area contributed by atoms with Gasteiger partial charge in [-0.1, -0.05) is 148 Å². The van der Waals surface area contributed by atoms with Gasteiger partial charge >= 0.3 is 0 Å². The maximum Gasteiger partial charge on any atom is 0.264 e. The van der Waals surface area contributed by atoms with Gasteiger partial charge in [-0.25, -0.2) is 0 Å². The fraction of sp³-hybridized carbons (Fsp3) is 0.115. The highest BCUT2D eigenvalue weighted by molar-refractivity contribution is 7.30. The molecular formula is C52H39BN2S. The molecule has 0 atom stereocenters. The van der Waals surface area contributed by atoms with Crippen LogP contribution in [0.2, 0.25) is 0 Å². The van der Waals surface area contributed by atoms with Crippen molar-refractivity contribution in [2.75, 3.05) is 9.80 Å². The first-order valence-corrected chi connectivity index (χ1v) is 20.6. The van der Waals surface area contributed by atoms with Gasteiger partial charge in [-0.15, -0.1) is 11.3 Å². The lowest BCUT2D eigenvalue weighted by molar-refractivity contribution is 0.588. The highest BCUT2D eigenvalue weighted by atomic mass is 32.1. The lowest BCUT2D eigenvalue weighted by Gasteiger charge is -2.43. The molecule has 0 saturated heterocycles.